The van der Waals surface area contributed by atoms with Crippen molar-refractivity contribution in [2.24, 2.45) is 5.41 Å². The van der Waals surface area contributed by atoms with Crippen molar-refractivity contribution in [2.75, 3.05) is 26.2 Å². The van der Waals surface area contributed by atoms with Crippen LogP contribution in [0.15, 0.2) is 0 Å². The van der Waals surface area contributed by atoms with E-state index in [1.807, 2.05) is 20.8 Å². The molecule has 0 rings (SSSR count). The molecule has 114 valence electrons. The summed E-state index contributed by atoms with van der Waals surface area (Å²) in [5.41, 5.74) is -0.402. The molecule has 0 unspecified atom stereocenters. The number of carbonyl (C=O) groups is 2. The van der Waals surface area contributed by atoms with Crippen LogP contribution in [0.2, 0.25) is 0 Å². The molecule has 0 atom stereocenters. The van der Waals surface area contributed by atoms with E-state index in [0.717, 1.165) is 19.5 Å². The molecular weight excluding hydrogens is 266 g/mol. The third kappa shape index (κ3) is 12.0. The smallest absolute Gasteiger partial charge is 0.225 e. The molecule has 0 aliphatic rings. The maximum atomic E-state index is 11.5. The van der Waals surface area contributed by atoms with Gasteiger partial charge < -0.3 is 16.0 Å². The summed E-state index contributed by atoms with van der Waals surface area (Å²) in [6, 6.07) is 0. The summed E-state index contributed by atoms with van der Waals surface area (Å²) in [7, 11) is 0. The largest absolute Gasteiger partial charge is 0.355 e. The summed E-state index contributed by atoms with van der Waals surface area (Å²) in [4.78, 5) is 22.9. The quantitative estimate of drug-likeness (QED) is 0.587. The first-order valence-electron chi connectivity index (χ1n) is 6.63. The molecule has 3 N–H and O–H groups in total. The van der Waals surface area contributed by atoms with E-state index in [2.05, 4.69) is 22.9 Å². The zero-order valence-electron chi connectivity index (χ0n) is 12.5. The van der Waals surface area contributed by atoms with E-state index in [4.69, 9.17) is 0 Å². The van der Waals surface area contributed by atoms with Crippen LogP contribution in [0.25, 0.3) is 0 Å². The van der Waals surface area contributed by atoms with Gasteiger partial charge in [-0.15, -0.1) is 12.4 Å². The van der Waals surface area contributed by atoms with E-state index in [9.17, 15) is 9.59 Å². The van der Waals surface area contributed by atoms with Gasteiger partial charge in [0.25, 0.3) is 0 Å². The Morgan fingerprint density at radius 1 is 0.947 bits per heavy atom. The SMILES string of the molecule is CCCNCCNC(=O)CCNC(=O)C(C)(C)C.Cl. The van der Waals surface area contributed by atoms with E-state index >= 15 is 0 Å². The first-order valence-corrected chi connectivity index (χ1v) is 6.63. The second kappa shape index (κ2) is 11.1. The molecule has 0 aromatic heterocycles. The van der Waals surface area contributed by atoms with Crippen LogP contribution < -0.4 is 16.0 Å². The first kappa shape index (κ1) is 20.5. The number of hydrogen-bond donors (Lipinski definition) is 3. The standard InChI is InChI=1S/C13H27N3O2.ClH/c1-5-7-14-9-10-15-11(17)6-8-16-12(18)13(2,3)4;/h14H,5-10H2,1-4H3,(H,15,17)(H,16,18);1H. The second-order valence-corrected chi connectivity index (χ2v) is 5.36. The van der Waals surface area contributed by atoms with Crippen LogP contribution in [0.3, 0.4) is 0 Å². The number of hydrogen-bond acceptors (Lipinski definition) is 3. The number of rotatable bonds is 8. The Kier molecular flexibility index (Phi) is 11.9. The molecule has 0 spiro atoms. The van der Waals surface area contributed by atoms with Crippen molar-refractivity contribution in [1.82, 2.24) is 16.0 Å². The van der Waals surface area contributed by atoms with Gasteiger partial charge in [0.15, 0.2) is 0 Å². The Balaban J connectivity index is 0. The summed E-state index contributed by atoms with van der Waals surface area (Å²) in [6.07, 6.45) is 1.42. The summed E-state index contributed by atoms with van der Waals surface area (Å²) in [6.45, 7) is 10.4. The van der Waals surface area contributed by atoms with Crippen LogP contribution in [-0.2, 0) is 9.59 Å². The Hall–Kier alpha value is -0.810. The highest BCUT2D eigenvalue weighted by Gasteiger charge is 2.20. The van der Waals surface area contributed by atoms with Crippen LogP contribution in [-0.4, -0.2) is 38.0 Å². The molecule has 0 aliphatic carbocycles. The predicted octanol–water partition coefficient (Wildman–Crippen LogP) is 1.08. The van der Waals surface area contributed by atoms with Crippen molar-refractivity contribution in [1.29, 1.82) is 0 Å². The molecule has 0 aliphatic heterocycles. The summed E-state index contributed by atoms with van der Waals surface area (Å²) in [5.74, 6) is -0.0533. The molecule has 2 amide bonds. The Morgan fingerprint density at radius 3 is 2.11 bits per heavy atom. The molecule has 0 radical (unpaired) electrons. The average Bonchev–Trinajstić information content (AvgIpc) is 2.27. The lowest BCUT2D eigenvalue weighted by molar-refractivity contribution is -0.128. The van der Waals surface area contributed by atoms with E-state index in [1.54, 1.807) is 0 Å². The maximum Gasteiger partial charge on any atom is 0.225 e. The van der Waals surface area contributed by atoms with Crippen LogP contribution in [0.1, 0.15) is 40.5 Å². The minimum absolute atomic E-state index is 0. The molecule has 0 saturated heterocycles. The fourth-order valence-corrected chi connectivity index (χ4v) is 1.24. The van der Waals surface area contributed by atoms with Crippen LogP contribution >= 0.6 is 12.4 Å². The molecule has 0 saturated carbocycles. The molecule has 5 nitrogen and oxygen atoms in total. The molecule has 0 fully saturated rings. The highest BCUT2D eigenvalue weighted by Crippen LogP contribution is 2.11. The highest BCUT2D eigenvalue weighted by molar-refractivity contribution is 5.85. The lowest BCUT2D eigenvalue weighted by Crippen LogP contribution is -2.38. The zero-order valence-corrected chi connectivity index (χ0v) is 13.3. The molecular formula is C13H28ClN3O2. The van der Waals surface area contributed by atoms with Crippen molar-refractivity contribution in [3.05, 3.63) is 0 Å². The maximum absolute atomic E-state index is 11.5. The van der Waals surface area contributed by atoms with Gasteiger partial charge in [0.2, 0.25) is 11.8 Å². The molecule has 0 heterocycles. The third-order valence-corrected chi connectivity index (χ3v) is 2.37. The van der Waals surface area contributed by atoms with Crippen LogP contribution in [0.5, 0.6) is 0 Å². The van der Waals surface area contributed by atoms with E-state index < -0.39 is 5.41 Å². The minimum atomic E-state index is -0.402. The van der Waals surface area contributed by atoms with Crippen molar-refractivity contribution >= 4 is 24.2 Å². The minimum Gasteiger partial charge on any atom is -0.355 e. The van der Waals surface area contributed by atoms with Crippen molar-refractivity contribution in [3.63, 3.8) is 0 Å². The van der Waals surface area contributed by atoms with Gasteiger partial charge in [-0.1, -0.05) is 27.7 Å². The van der Waals surface area contributed by atoms with Gasteiger partial charge in [-0.2, -0.15) is 0 Å². The molecule has 6 heteroatoms. The van der Waals surface area contributed by atoms with Gasteiger partial charge in [0.05, 0.1) is 0 Å². The Morgan fingerprint density at radius 2 is 1.58 bits per heavy atom. The van der Waals surface area contributed by atoms with E-state index in [0.29, 0.717) is 19.5 Å². The second-order valence-electron chi connectivity index (χ2n) is 5.36. The average molecular weight is 294 g/mol. The third-order valence-electron chi connectivity index (χ3n) is 2.37. The lowest BCUT2D eigenvalue weighted by Gasteiger charge is -2.17. The summed E-state index contributed by atoms with van der Waals surface area (Å²) < 4.78 is 0. The van der Waals surface area contributed by atoms with Gasteiger partial charge in [-0.25, -0.2) is 0 Å². The van der Waals surface area contributed by atoms with Crippen LogP contribution in [0.4, 0.5) is 0 Å². The number of carbonyl (C=O) groups excluding carboxylic acids is 2. The van der Waals surface area contributed by atoms with E-state index in [-0.39, 0.29) is 24.2 Å². The monoisotopic (exact) mass is 293 g/mol. The van der Waals surface area contributed by atoms with E-state index in [1.165, 1.54) is 0 Å². The van der Waals surface area contributed by atoms with Gasteiger partial charge in [0, 0.05) is 31.5 Å². The molecule has 0 bridgehead atoms. The van der Waals surface area contributed by atoms with Crippen LogP contribution in [0, 0.1) is 5.41 Å². The first-order chi connectivity index (χ1) is 8.38. The zero-order chi connectivity index (χ0) is 14.0. The number of halogens is 1. The Bertz CT molecular complexity index is 265. The molecule has 0 aromatic carbocycles. The lowest BCUT2D eigenvalue weighted by atomic mass is 9.96. The fraction of sp³-hybridized carbons (Fsp3) is 0.846. The topological polar surface area (TPSA) is 70.2 Å². The summed E-state index contributed by atoms with van der Waals surface area (Å²) in [5, 5.41) is 8.75. The predicted molar refractivity (Wildman–Crippen MR) is 80.5 cm³/mol. The summed E-state index contributed by atoms with van der Waals surface area (Å²) >= 11 is 0. The molecule has 19 heavy (non-hydrogen) atoms. The fourth-order valence-electron chi connectivity index (χ4n) is 1.24. The van der Waals surface area contributed by atoms with Gasteiger partial charge in [-0.3, -0.25) is 9.59 Å². The van der Waals surface area contributed by atoms with Crippen molar-refractivity contribution in [2.45, 2.75) is 40.5 Å². The van der Waals surface area contributed by atoms with Gasteiger partial charge in [0.1, 0.15) is 0 Å². The molecule has 0 aromatic rings. The normalized spacial score (nSPS) is 10.5. The number of nitrogens with one attached hydrogen (secondary N) is 3. The highest BCUT2D eigenvalue weighted by atomic mass is 35.5. The number of amides is 2. The van der Waals surface area contributed by atoms with Crippen molar-refractivity contribution in [3.8, 4) is 0 Å². The van der Waals surface area contributed by atoms with Crippen molar-refractivity contribution < 1.29 is 9.59 Å². The Labute approximate surface area is 122 Å². The van der Waals surface area contributed by atoms with Gasteiger partial charge in [-0.05, 0) is 13.0 Å². The van der Waals surface area contributed by atoms with Gasteiger partial charge >= 0.3 is 0 Å².